The molecule has 0 aliphatic carbocycles. The van der Waals surface area contributed by atoms with Gasteiger partial charge in [-0.2, -0.15) is 0 Å². The molecule has 0 aromatic heterocycles. The highest BCUT2D eigenvalue weighted by Gasteiger charge is 2.05. The minimum atomic E-state index is -0.623. The lowest BCUT2D eigenvalue weighted by atomic mass is 10.2. The molecule has 0 unspecified atom stereocenters. The van der Waals surface area contributed by atoms with Gasteiger partial charge in [0.1, 0.15) is 11.5 Å². The van der Waals surface area contributed by atoms with Crippen molar-refractivity contribution in [1.82, 2.24) is 0 Å². The summed E-state index contributed by atoms with van der Waals surface area (Å²) in [5.41, 5.74) is 0.525. The molecule has 0 N–H and O–H groups in total. The van der Waals surface area contributed by atoms with Crippen LogP contribution >= 0.6 is 0 Å². The number of ether oxygens (including phenoxy) is 5. The van der Waals surface area contributed by atoms with Crippen LogP contribution in [-0.2, 0) is 19.0 Å². The summed E-state index contributed by atoms with van der Waals surface area (Å²) in [6, 6.07) is 5.01. The van der Waals surface area contributed by atoms with E-state index in [1.165, 1.54) is 21.3 Å². The van der Waals surface area contributed by atoms with Crippen LogP contribution in [0.2, 0.25) is 0 Å². The van der Waals surface area contributed by atoms with Crippen LogP contribution in [0.5, 0.6) is 11.5 Å². The van der Waals surface area contributed by atoms with Crippen molar-refractivity contribution in [3.05, 3.63) is 23.8 Å². The van der Waals surface area contributed by atoms with Crippen molar-refractivity contribution in [2.24, 2.45) is 0 Å². The number of benzene rings is 1. The maximum absolute atomic E-state index is 11.0. The first kappa shape index (κ1) is 15.8. The fourth-order valence-electron chi connectivity index (χ4n) is 1.23. The average Bonchev–Trinajstić information content (AvgIpc) is 2.49. The lowest BCUT2D eigenvalue weighted by Crippen LogP contribution is -2.03. The van der Waals surface area contributed by atoms with Gasteiger partial charge in [0, 0.05) is 26.2 Å². The Morgan fingerprint density at radius 2 is 1.80 bits per heavy atom. The molecular weight excluding hydrogens is 264 g/mol. The molecule has 0 aliphatic heterocycles. The molecule has 0 spiro atoms. The molecular formula is C14H16O6. The Labute approximate surface area is 117 Å². The molecule has 0 heterocycles. The Balaban J connectivity index is 2.95. The third-order valence-electron chi connectivity index (χ3n) is 2.11. The summed E-state index contributed by atoms with van der Waals surface area (Å²) < 4.78 is 24.8. The lowest BCUT2D eigenvalue weighted by molar-refractivity contribution is -0.133. The van der Waals surface area contributed by atoms with Crippen molar-refractivity contribution in [3.8, 4) is 23.3 Å². The molecule has 0 amide bonds. The number of carbonyl (C=O) groups excluding carboxylic acids is 1. The SMILES string of the molecule is COCOc1ccc(C#CC(=O)OC)c(OCOC)c1. The van der Waals surface area contributed by atoms with Gasteiger partial charge in [0.05, 0.1) is 12.7 Å². The molecule has 0 aliphatic rings. The summed E-state index contributed by atoms with van der Waals surface area (Å²) in [5, 5.41) is 0. The normalized spacial score (nSPS) is 9.35. The molecule has 6 nitrogen and oxygen atoms in total. The van der Waals surface area contributed by atoms with Crippen LogP contribution in [0.15, 0.2) is 18.2 Å². The van der Waals surface area contributed by atoms with Gasteiger partial charge in [-0.3, -0.25) is 0 Å². The Morgan fingerprint density at radius 3 is 2.45 bits per heavy atom. The Bertz CT molecular complexity index is 500. The molecule has 0 radical (unpaired) electrons. The highest BCUT2D eigenvalue weighted by molar-refractivity contribution is 5.89. The van der Waals surface area contributed by atoms with Gasteiger partial charge in [-0.1, -0.05) is 5.92 Å². The summed E-state index contributed by atoms with van der Waals surface area (Å²) in [6.45, 7) is 0.178. The maximum Gasteiger partial charge on any atom is 0.384 e. The summed E-state index contributed by atoms with van der Waals surface area (Å²) >= 11 is 0. The minimum absolute atomic E-state index is 0.0562. The van der Waals surface area contributed by atoms with E-state index in [2.05, 4.69) is 16.6 Å². The Kier molecular flexibility index (Phi) is 6.96. The molecule has 0 saturated carbocycles. The minimum Gasteiger partial charge on any atom is -0.467 e. The van der Waals surface area contributed by atoms with E-state index in [1.807, 2.05) is 0 Å². The highest BCUT2D eigenvalue weighted by atomic mass is 16.7. The molecule has 0 atom stereocenters. The summed E-state index contributed by atoms with van der Waals surface area (Å²) in [6.07, 6.45) is 0. The van der Waals surface area contributed by atoms with E-state index >= 15 is 0 Å². The zero-order valence-electron chi connectivity index (χ0n) is 11.6. The van der Waals surface area contributed by atoms with Gasteiger partial charge in [0.15, 0.2) is 13.6 Å². The van der Waals surface area contributed by atoms with E-state index in [-0.39, 0.29) is 13.6 Å². The predicted molar refractivity (Wildman–Crippen MR) is 70.3 cm³/mol. The van der Waals surface area contributed by atoms with E-state index in [1.54, 1.807) is 18.2 Å². The Morgan fingerprint density at radius 1 is 1.10 bits per heavy atom. The van der Waals surface area contributed by atoms with E-state index in [0.29, 0.717) is 17.1 Å². The topological polar surface area (TPSA) is 63.2 Å². The molecule has 0 saturated heterocycles. The van der Waals surface area contributed by atoms with Crippen molar-refractivity contribution in [2.75, 3.05) is 34.9 Å². The van der Waals surface area contributed by atoms with Gasteiger partial charge >= 0.3 is 5.97 Å². The smallest absolute Gasteiger partial charge is 0.384 e. The third kappa shape index (κ3) is 5.18. The first-order chi connectivity index (χ1) is 9.71. The van der Waals surface area contributed by atoms with E-state index in [4.69, 9.17) is 18.9 Å². The van der Waals surface area contributed by atoms with Crippen LogP contribution in [0.4, 0.5) is 0 Å². The van der Waals surface area contributed by atoms with Gasteiger partial charge < -0.3 is 23.7 Å². The van der Waals surface area contributed by atoms with Crippen molar-refractivity contribution < 1.29 is 28.5 Å². The number of hydrogen-bond donors (Lipinski definition) is 0. The number of hydrogen-bond acceptors (Lipinski definition) is 6. The van der Waals surface area contributed by atoms with Crippen molar-refractivity contribution in [3.63, 3.8) is 0 Å². The van der Waals surface area contributed by atoms with Crippen molar-refractivity contribution in [2.45, 2.75) is 0 Å². The van der Waals surface area contributed by atoms with Gasteiger partial charge in [0.2, 0.25) is 0 Å². The number of rotatable bonds is 6. The molecule has 6 heteroatoms. The molecule has 1 rings (SSSR count). The quantitative estimate of drug-likeness (QED) is 0.443. The fourth-order valence-corrected chi connectivity index (χ4v) is 1.23. The first-order valence-electron chi connectivity index (χ1n) is 5.68. The van der Waals surface area contributed by atoms with Gasteiger partial charge in [-0.05, 0) is 12.1 Å². The van der Waals surface area contributed by atoms with Crippen molar-refractivity contribution >= 4 is 5.97 Å². The first-order valence-corrected chi connectivity index (χ1v) is 5.68. The standard InChI is InChI=1S/C14H16O6/c1-16-9-19-12-6-4-11(5-7-14(15)18-3)13(8-12)20-10-17-2/h4,6,8H,9-10H2,1-3H3. The van der Waals surface area contributed by atoms with Gasteiger partial charge in [-0.25, -0.2) is 4.79 Å². The van der Waals surface area contributed by atoms with Crippen LogP contribution in [0.1, 0.15) is 5.56 Å². The third-order valence-corrected chi connectivity index (χ3v) is 2.11. The zero-order chi connectivity index (χ0) is 14.8. The zero-order valence-corrected chi connectivity index (χ0v) is 11.6. The highest BCUT2D eigenvalue weighted by Crippen LogP contribution is 2.24. The molecule has 1 aromatic carbocycles. The second kappa shape index (κ2) is 8.80. The number of esters is 1. The summed E-state index contributed by atoms with van der Waals surface area (Å²) in [7, 11) is 4.30. The monoisotopic (exact) mass is 280 g/mol. The molecule has 1 aromatic rings. The van der Waals surface area contributed by atoms with E-state index in [0.717, 1.165) is 0 Å². The van der Waals surface area contributed by atoms with Gasteiger partial charge in [0.25, 0.3) is 0 Å². The second-order valence-electron chi connectivity index (χ2n) is 3.50. The van der Waals surface area contributed by atoms with E-state index in [9.17, 15) is 4.79 Å². The fraction of sp³-hybridized carbons (Fsp3) is 0.357. The Hall–Kier alpha value is -2.23. The summed E-state index contributed by atoms with van der Waals surface area (Å²) in [4.78, 5) is 11.0. The van der Waals surface area contributed by atoms with Crippen LogP contribution in [0.25, 0.3) is 0 Å². The maximum atomic E-state index is 11.0. The summed E-state index contributed by atoms with van der Waals surface area (Å²) in [5.74, 6) is 5.37. The van der Waals surface area contributed by atoms with Crippen LogP contribution < -0.4 is 9.47 Å². The largest absolute Gasteiger partial charge is 0.467 e. The average molecular weight is 280 g/mol. The lowest BCUT2D eigenvalue weighted by Gasteiger charge is -2.10. The molecule has 108 valence electrons. The molecule has 20 heavy (non-hydrogen) atoms. The van der Waals surface area contributed by atoms with Crippen molar-refractivity contribution in [1.29, 1.82) is 0 Å². The van der Waals surface area contributed by atoms with E-state index < -0.39 is 5.97 Å². The number of methoxy groups -OCH3 is 3. The second-order valence-corrected chi connectivity index (χ2v) is 3.50. The van der Waals surface area contributed by atoms with Gasteiger partial charge in [-0.15, -0.1) is 0 Å². The predicted octanol–water partition coefficient (Wildman–Crippen LogP) is 1.18. The molecule has 0 fully saturated rings. The van der Waals surface area contributed by atoms with Crippen LogP contribution in [0.3, 0.4) is 0 Å². The van der Waals surface area contributed by atoms with Crippen LogP contribution in [-0.4, -0.2) is 40.9 Å². The molecule has 0 bridgehead atoms. The number of carbonyl (C=O) groups is 1. The van der Waals surface area contributed by atoms with Crippen LogP contribution in [0, 0.1) is 11.8 Å².